The molecule has 1 aromatic heterocycles. The minimum Gasteiger partial charge on any atom is -0.381 e. The molecule has 0 aliphatic carbocycles. The van der Waals surface area contributed by atoms with Crippen molar-refractivity contribution in [2.75, 3.05) is 11.1 Å². The summed E-state index contributed by atoms with van der Waals surface area (Å²) in [6.07, 6.45) is 0.872. The molecule has 5 nitrogen and oxygen atoms in total. The summed E-state index contributed by atoms with van der Waals surface area (Å²) >= 11 is 0. The number of aromatic nitrogens is 1. The van der Waals surface area contributed by atoms with Crippen LogP contribution in [-0.2, 0) is 6.42 Å². The number of nitrogens with zero attached hydrogens (tertiary/aromatic N) is 1. The molecule has 2 rings (SSSR count). The number of halogens is 1. The molecule has 0 aliphatic heterocycles. The Bertz CT molecular complexity index is 658. The molecular formula is C14H15FN4O. The van der Waals surface area contributed by atoms with Gasteiger partial charge in [0.15, 0.2) is 11.6 Å². The molecule has 104 valence electrons. The largest absolute Gasteiger partial charge is 0.381 e. The van der Waals surface area contributed by atoms with Crippen molar-refractivity contribution in [1.82, 2.24) is 4.98 Å². The zero-order chi connectivity index (χ0) is 14.7. The van der Waals surface area contributed by atoms with Crippen LogP contribution < -0.4 is 16.8 Å². The number of rotatable bonds is 4. The van der Waals surface area contributed by atoms with E-state index in [9.17, 15) is 9.18 Å². The maximum Gasteiger partial charge on any atom is 0.252 e. The molecule has 0 saturated carbocycles. The van der Waals surface area contributed by atoms with Gasteiger partial charge in [0.1, 0.15) is 5.82 Å². The van der Waals surface area contributed by atoms with Crippen molar-refractivity contribution in [3.8, 4) is 0 Å². The van der Waals surface area contributed by atoms with Crippen LogP contribution in [0.5, 0.6) is 0 Å². The molecule has 1 aromatic carbocycles. The fourth-order valence-electron chi connectivity index (χ4n) is 1.79. The molecule has 1 heterocycles. The fourth-order valence-corrected chi connectivity index (χ4v) is 1.79. The lowest BCUT2D eigenvalue weighted by Gasteiger charge is -2.11. The molecule has 0 atom stereocenters. The molecule has 5 N–H and O–H groups in total. The molecule has 0 bridgehead atoms. The molecule has 2 aromatic rings. The van der Waals surface area contributed by atoms with E-state index in [-0.39, 0.29) is 17.2 Å². The van der Waals surface area contributed by atoms with Gasteiger partial charge >= 0.3 is 0 Å². The summed E-state index contributed by atoms with van der Waals surface area (Å²) in [5.41, 5.74) is 12.4. The number of benzene rings is 1. The summed E-state index contributed by atoms with van der Waals surface area (Å²) in [4.78, 5) is 15.2. The number of hydrogen-bond acceptors (Lipinski definition) is 4. The maximum absolute atomic E-state index is 13.4. The highest BCUT2D eigenvalue weighted by atomic mass is 19.1. The lowest BCUT2D eigenvalue weighted by atomic mass is 10.1. The standard InChI is InChI=1S/C14H15FN4O/c1-2-8-4-3-5-9(6-8)18-14-10(13(17)20)7-11(15)12(16)19-14/h3-7H,2H2,1H3,(H2,17,20)(H3,16,18,19). The van der Waals surface area contributed by atoms with E-state index in [1.165, 1.54) is 0 Å². The van der Waals surface area contributed by atoms with Crippen LogP contribution in [0.2, 0.25) is 0 Å². The van der Waals surface area contributed by atoms with Gasteiger partial charge in [0, 0.05) is 5.69 Å². The Morgan fingerprint density at radius 1 is 1.40 bits per heavy atom. The Morgan fingerprint density at radius 3 is 2.80 bits per heavy atom. The van der Waals surface area contributed by atoms with Gasteiger partial charge in [0.05, 0.1) is 5.56 Å². The smallest absolute Gasteiger partial charge is 0.252 e. The second-order valence-corrected chi connectivity index (χ2v) is 4.29. The number of carbonyl (C=O) groups is 1. The summed E-state index contributed by atoms with van der Waals surface area (Å²) in [6, 6.07) is 8.55. The minimum absolute atomic E-state index is 0.0430. The average Bonchev–Trinajstić information content (AvgIpc) is 2.42. The Hall–Kier alpha value is -2.63. The molecule has 0 radical (unpaired) electrons. The van der Waals surface area contributed by atoms with Crippen molar-refractivity contribution in [2.24, 2.45) is 5.73 Å². The lowest BCUT2D eigenvalue weighted by molar-refractivity contribution is 0.100. The van der Waals surface area contributed by atoms with E-state index in [1.807, 2.05) is 31.2 Å². The van der Waals surface area contributed by atoms with Gasteiger partial charge in [-0.2, -0.15) is 0 Å². The van der Waals surface area contributed by atoms with E-state index >= 15 is 0 Å². The number of anilines is 3. The number of nitrogen functional groups attached to an aromatic ring is 1. The molecule has 1 amide bonds. The van der Waals surface area contributed by atoms with Crippen molar-refractivity contribution in [3.63, 3.8) is 0 Å². The van der Waals surface area contributed by atoms with Crippen LogP contribution in [0.15, 0.2) is 30.3 Å². The number of pyridine rings is 1. The Morgan fingerprint density at radius 2 is 2.15 bits per heavy atom. The highest BCUT2D eigenvalue weighted by Crippen LogP contribution is 2.22. The van der Waals surface area contributed by atoms with Crippen LogP contribution in [0.4, 0.5) is 21.7 Å². The molecule has 20 heavy (non-hydrogen) atoms. The molecule has 6 heteroatoms. The first-order chi connectivity index (χ1) is 9.51. The minimum atomic E-state index is -0.773. The predicted octanol–water partition coefficient (Wildman–Crippen LogP) is 2.21. The van der Waals surface area contributed by atoms with Gasteiger partial charge in [-0.1, -0.05) is 19.1 Å². The number of aryl methyl sites for hydroxylation is 1. The van der Waals surface area contributed by atoms with Crippen molar-refractivity contribution < 1.29 is 9.18 Å². The number of amides is 1. The fraction of sp³-hybridized carbons (Fsp3) is 0.143. The highest BCUT2D eigenvalue weighted by Gasteiger charge is 2.14. The van der Waals surface area contributed by atoms with Gasteiger partial charge < -0.3 is 16.8 Å². The number of hydrogen-bond donors (Lipinski definition) is 3. The van der Waals surface area contributed by atoms with Crippen molar-refractivity contribution in [2.45, 2.75) is 13.3 Å². The second-order valence-electron chi connectivity index (χ2n) is 4.29. The summed E-state index contributed by atoms with van der Waals surface area (Å²) in [5.74, 6) is -1.69. The maximum atomic E-state index is 13.4. The second kappa shape index (κ2) is 5.56. The van der Waals surface area contributed by atoms with Gasteiger partial charge in [-0.3, -0.25) is 4.79 Å². The van der Waals surface area contributed by atoms with E-state index in [4.69, 9.17) is 11.5 Å². The van der Waals surface area contributed by atoms with Crippen LogP contribution in [0.25, 0.3) is 0 Å². The quantitative estimate of drug-likeness (QED) is 0.796. The third-order valence-electron chi connectivity index (χ3n) is 2.87. The first kappa shape index (κ1) is 13.8. The lowest BCUT2D eigenvalue weighted by Crippen LogP contribution is -2.16. The zero-order valence-corrected chi connectivity index (χ0v) is 11.0. The third kappa shape index (κ3) is 2.85. The first-order valence-corrected chi connectivity index (χ1v) is 6.13. The van der Waals surface area contributed by atoms with Gasteiger partial charge in [-0.25, -0.2) is 9.37 Å². The van der Waals surface area contributed by atoms with Gasteiger partial charge in [0.25, 0.3) is 5.91 Å². The van der Waals surface area contributed by atoms with Crippen LogP contribution in [0.3, 0.4) is 0 Å². The summed E-state index contributed by atoms with van der Waals surface area (Å²) in [5, 5.41) is 2.94. The Balaban J connectivity index is 2.41. The van der Waals surface area contributed by atoms with Gasteiger partial charge in [-0.15, -0.1) is 0 Å². The molecule has 0 saturated heterocycles. The summed E-state index contributed by atoms with van der Waals surface area (Å²) in [7, 11) is 0. The summed E-state index contributed by atoms with van der Waals surface area (Å²) < 4.78 is 13.4. The van der Waals surface area contributed by atoms with Crippen LogP contribution in [-0.4, -0.2) is 10.9 Å². The number of carbonyl (C=O) groups excluding carboxylic acids is 1. The molecule has 0 aliphatic rings. The van der Waals surface area contributed by atoms with E-state index in [0.29, 0.717) is 0 Å². The van der Waals surface area contributed by atoms with Crippen LogP contribution >= 0.6 is 0 Å². The Kier molecular flexibility index (Phi) is 3.84. The third-order valence-corrected chi connectivity index (χ3v) is 2.87. The van der Waals surface area contributed by atoms with Gasteiger partial charge in [-0.05, 0) is 30.2 Å². The van der Waals surface area contributed by atoms with E-state index in [2.05, 4.69) is 10.3 Å². The van der Waals surface area contributed by atoms with E-state index < -0.39 is 11.7 Å². The SMILES string of the molecule is CCc1cccc(Nc2nc(N)c(F)cc2C(N)=O)c1. The van der Waals surface area contributed by atoms with Crippen LogP contribution in [0.1, 0.15) is 22.8 Å². The average molecular weight is 274 g/mol. The normalized spacial score (nSPS) is 10.3. The van der Waals surface area contributed by atoms with E-state index in [0.717, 1.165) is 23.7 Å². The van der Waals surface area contributed by atoms with Crippen molar-refractivity contribution in [1.29, 1.82) is 0 Å². The number of nitrogens with two attached hydrogens (primary N) is 2. The van der Waals surface area contributed by atoms with Gasteiger partial charge in [0.2, 0.25) is 0 Å². The molecular weight excluding hydrogens is 259 g/mol. The predicted molar refractivity (Wildman–Crippen MR) is 76.2 cm³/mol. The Labute approximate surface area is 115 Å². The summed E-state index contributed by atoms with van der Waals surface area (Å²) in [6.45, 7) is 2.03. The molecule has 0 spiro atoms. The number of primary amides is 1. The topological polar surface area (TPSA) is 94.0 Å². The van der Waals surface area contributed by atoms with Crippen LogP contribution in [0, 0.1) is 5.82 Å². The van der Waals surface area contributed by atoms with E-state index in [1.54, 1.807) is 0 Å². The zero-order valence-electron chi connectivity index (χ0n) is 11.0. The molecule has 0 fully saturated rings. The number of nitrogens with one attached hydrogen (secondary N) is 1. The van der Waals surface area contributed by atoms with Crippen molar-refractivity contribution >= 4 is 23.2 Å². The molecule has 0 unspecified atom stereocenters. The monoisotopic (exact) mass is 274 g/mol. The van der Waals surface area contributed by atoms with Crippen molar-refractivity contribution in [3.05, 3.63) is 47.3 Å². The highest BCUT2D eigenvalue weighted by molar-refractivity contribution is 5.98. The first-order valence-electron chi connectivity index (χ1n) is 6.13.